The number of nitrogens with one attached hydrogen (secondary N) is 1. The number of carbonyl (C=O) groups excluding carboxylic acids is 1. The SMILES string of the molecule is COc1ccc(Cl)c(S(=O)(=O)NC(=O)c2nnn(-c3ccc(Cl)cc3F)c2C(F)(F)F)c1. The number of methoxy groups -OCH3 is 1. The van der Waals surface area contributed by atoms with E-state index in [-0.39, 0.29) is 20.5 Å². The van der Waals surface area contributed by atoms with Gasteiger partial charge in [-0.1, -0.05) is 28.4 Å². The summed E-state index contributed by atoms with van der Waals surface area (Å²) in [5.41, 5.74) is -3.93. The number of nitrogens with zero attached hydrogens (tertiary/aromatic N) is 3. The molecule has 0 saturated carbocycles. The average molecular weight is 513 g/mol. The van der Waals surface area contributed by atoms with Crippen molar-refractivity contribution in [2.45, 2.75) is 11.1 Å². The van der Waals surface area contributed by atoms with Crippen LogP contribution in [0.4, 0.5) is 17.6 Å². The summed E-state index contributed by atoms with van der Waals surface area (Å²) in [5.74, 6) is -2.89. The molecule has 3 aromatic rings. The number of rotatable bonds is 5. The van der Waals surface area contributed by atoms with Gasteiger partial charge in [-0.25, -0.2) is 22.2 Å². The summed E-state index contributed by atoms with van der Waals surface area (Å²) in [4.78, 5) is 11.8. The lowest BCUT2D eigenvalue weighted by atomic mass is 10.2. The van der Waals surface area contributed by atoms with E-state index in [0.717, 1.165) is 30.3 Å². The van der Waals surface area contributed by atoms with E-state index in [1.54, 1.807) is 0 Å². The highest BCUT2D eigenvalue weighted by Crippen LogP contribution is 2.34. The molecule has 0 bridgehead atoms. The number of aromatic nitrogens is 3. The van der Waals surface area contributed by atoms with E-state index in [1.165, 1.54) is 17.9 Å². The largest absolute Gasteiger partial charge is 0.497 e. The minimum absolute atomic E-state index is 0.0196. The van der Waals surface area contributed by atoms with Gasteiger partial charge in [0, 0.05) is 11.1 Å². The Hall–Kier alpha value is -2.90. The molecule has 1 aromatic heterocycles. The van der Waals surface area contributed by atoms with E-state index >= 15 is 0 Å². The number of sulfonamides is 1. The zero-order valence-corrected chi connectivity index (χ0v) is 17.9. The van der Waals surface area contributed by atoms with Crippen molar-refractivity contribution in [2.24, 2.45) is 0 Å². The summed E-state index contributed by atoms with van der Waals surface area (Å²) in [7, 11) is -3.51. The molecule has 32 heavy (non-hydrogen) atoms. The maximum atomic E-state index is 14.2. The number of carbonyl (C=O) groups is 1. The Balaban J connectivity index is 2.07. The van der Waals surface area contributed by atoms with Crippen LogP contribution < -0.4 is 9.46 Å². The van der Waals surface area contributed by atoms with Gasteiger partial charge >= 0.3 is 6.18 Å². The van der Waals surface area contributed by atoms with Crippen molar-refractivity contribution in [3.63, 3.8) is 0 Å². The summed E-state index contributed by atoms with van der Waals surface area (Å²) < 4.78 is 86.7. The molecule has 170 valence electrons. The van der Waals surface area contributed by atoms with Gasteiger partial charge in [0.1, 0.15) is 22.1 Å². The number of hydrogen-bond acceptors (Lipinski definition) is 6. The first-order valence-corrected chi connectivity index (χ1v) is 10.5. The third-order valence-corrected chi connectivity index (χ3v) is 5.99. The van der Waals surface area contributed by atoms with E-state index in [4.69, 9.17) is 27.9 Å². The molecular formula is C17H10Cl2F4N4O4S. The van der Waals surface area contributed by atoms with Crippen molar-refractivity contribution in [3.8, 4) is 11.4 Å². The number of alkyl halides is 3. The molecule has 0 aliphatic heterocycles. The highest BCUT2D eigenvalue weighted by atomic mass is 35.5. The molecule has 0 unspecified atom stereocenters. The van der Waals surface area contributed by atoms with E-state index in [1.807, 2.05) is 0 Å². The van der Waals surface area contributed by atoms with Crippen LogP contribution in [0.15, 0.2) is 41.3 Å². The Labute approximate surface area is 187 Å². The number of benzene rings is 2. The van der Waals surface area contributed by atoms with E-state index in [2.05, 4.69) is 10.3 Å². The number of hydrogen-bond donors (Lipinski definition) is 1. The molecular weight excluding hydrogens is 503 g/mol. The first kappa shape index (κ1) is 23.8. The Morgan fingerprint density at radius 2 is 1.84 bits per heavy atom. The van der Waals surface area contributed by atoms with Crippen LogP contribution in [0.25, 0.3) is 5.69 Å². The van der Waals surface area contributed by atoms with Crippen molar-refractivity contribution < 1.29 is 35.5 Å². The lowest BCUT2D eigenvalue weighted by molar-refractivity contribution is -0.143. The van der Waals surface area contributed by atoms with Gasteiger partial charge in [-0.05, 0) is 30.3 Å². The smallest absolute Gasteiger partial charge is 0.435 e. The fourth-order valence-corrected chi connectivity index (χ4v) is 4.18. The lowest BCUT2D eigenvalue weighted by Gasteiger charge is -2.12. The second kappa shape index (κ2) is 8.56. The lowest BCUT2D eigenvalue weighted by Crippen LogP contribution is -2.33. The van der Waals surface area contributed by atoms with Gasteiger partial charge < -0.3 is 4.74 Å². The minimum Gasteiger partial charge on any atom is -0.497 e. The first-order chi connectivity index (χ1) is 14.8. The van der Waals surface area contributed by atoms with Gasteiger partial charge in [0.25, 0.3) is 15.9 Å². The number of amides is 1. The molecule has 1 amide bonds. The molecule has 3 rings (SSSR count). The van der Waals surface area contributed by atoms with Crippen LogP contribution in [0.2, 0.25) is 10.0 Å². The van der Waals surface area contributed by atoms with Crippen molar-refractivity contribution in [3.05, 3.63) is 63.6 Å². The standard InChI is InChI=1S/C17H10Cl2F4N4O4S/c1-31-9-3-4-10(19)13(7-9)32(29,30)25-16(28)14-15(17(21,22)23)27(26-24-14)12-5-2-8(18)6-11(12)20/h2-7H,1H3,(H,25,28). The molecule has 0 fully saturated rings. The minimum atomic E-state index is -5.26. The van der Waals surface area contributed by atoms with Gasteiger partial charge in [0.05, 0.1) is 12.1 Å². The zero-order valence-electron chi connectivity index (χ0n) is 15.6. The average Bonchev–Trinajstić information content (AvgIpc) is 3.13. The summed E-state index contributed by atoms with van der Waals surface area (Å²) >= 11 is 11.4. The predicted molar refractivity (Wildman–Crippen MR) is 104 cm³/mol. The summed E-state index contributed by atoms with van der Waals surface area (Å²) in [6, 6.07) is 6.15. The molecule has 0 saturated heterocycles. The molecule has 0 atom stereocenters. The fourth-order valence-electron chi connectivity index (χ4n) is 2.55. The summed E-state index contributed by atoms with van der Waals surface area (Å²) in [6.07, 6.45) is -5.26. The second-order valence-corrected chi connectivity index (χ2v) is 8.52. The normalized spacial score (nSPS) is 12.0. The Bertz CT molecular complexity index is 1310. The molecule has 1 heterocycles. The maximum absolute atomic E-state index is 14.2. The molecule has 0 spiro atoms. The summed E-state index contributed by atoms with van der Waals surface area (Å²) in [5, 5.41) is 5.87. The molecule has 8 nitrogen and oxygen atoms in total. The first-order valence-electron chi connectivity index (χ1n) is 8.24. The van der Waals surface area contributed by atoms with Crippen LogP contribution >= 0.6 is 23.2 Å². The third-order valence-electron chi connectivity index (χ3n) is 3.95. The monoisotopic (exact) mass is 512 g/mol. The summed E-state index contributed by atoms with van der Waals surface area (Å²) in [6.45, 7) is 0. The highest BCUT2D eigenvalue weighted by molar-refractivity contribution is 7.90. The molecule has 2 aromatic carbocycles. The van der Waals surface area contributed by atoms with Crippen LogP contribution in [0, 0.1) is 5.82 Å². The van der Waals surface area contributed by atoms with Crippen LogP contribution in [0.3, 0.4) is 0 Å². The van der Waals surface area contributed by atoms with Crippen LogP contribution in [-0.2, 0) is 16.2 Å². The van der Waals surface area contributed by atoms with Gasteiger partial charge in [0.2, 0.25) is 0 Å². The fraction of sp³-hybridized carbons (Fsp3) is 0.118. The van der Waals surface area contributed by atoms with E-state index < -0.39 is 49.9 Å². The quantitative estimate of drug-likeness (QED) is 0.520. The van der Waals surface area contributed by atoms with Crippen molar-refractivity contribution in [1.82, 2.24) is 19.7 Å². The third kappa shape index (κ3) is 4.64. The highest BCUT2D eigenvalue weighted by Gasteiger charge is 2.43. The van der Waals surface area contributed by atoms with Gasteiger partial charge in [-0.15, -0.1) is 5.10 Å². The van der Waals surface area contributed by atoms with Crippen molar-refractivity contribution in [2.75, 3.05) is 7.11 Å². The van der Waals surface area contributed by atoms with Crippen LogP contribution in [-0.4, -0.2) is 36.4 Å². The van der Waals surface area contributed by atoms with Crippen molar-refractivity contribution >= 4 is 39.1 Å². The van der Waals surface area contributed by atoms with Gasteiger partial charge in [-0.2, -0.15) is 13.2 Å². The van der Waals surface area contributed by atoms with E-state index in [0.29, 0.717) is 0 Å². The number of ether oxygens (including phenoxy) is 1. The predicted octanol–water partition coefficient (Wildman–Crippen LogP) is 3.86. The van der Waals surface area contributed by atoms with E-state index in [9.17, 15) is 30.8 Å². The molecule has 0 aliphatic rings. The van der Waals surface area contributed by atoms with Gasteiger partial charge in [-0.3, -0.25) is 4.79 Å². The topological polar surface area (TPSA) is 103 Å². The van der Waals surface area contributed by atoms with Crippen LogP contribution in [0.1, 0.15) is 16.2 Å². The molecule has 0 radical (unpaired) electrons. The Kier molecular flexibility index (Phi) is 6.36. The van der Waals surface area contributed by atoms with Gasteiger partial charge in [0.15, 0.2) is 11.4 Å². The number of halogens is 6. The van der Waals surface area contributed by atoms with Crippen LogP contribution in [0.5, 0.6) is 5.75 Å². The van der Waals surface area contributed by atoms with Crippen molar-refractivity contribution in [1.29, 1.82) is 0 Å². The second-order valence-electron chi connectivity index (χ2n) is 6.02. The molecule has 15 heteroatoms. The Morgan fingerprint density at radius 3 is 2.44 bits per heavy atom. The molecule has 0 aliphatic carbocycles. The Morgan fingerprint density at radius 1 is 1.16 bits per heavy atom. The molecule has 1 N–H and O–H groups in total. The maximum Gasteiger partial charge on any atom is 0.435 e. The zero-order chi connectivity index (χ0) is 23.8.